The van der Waals surface area contributed by atoms with Crippen LogP contribution in [0.15, 0.2) is 188 Å². The molecule has 0 unspecified atom stereocenters. The zero-order chi connectivity index (χ0) is 36.7. The summed E-state index contributed by atoms with van der Waals surface area (Å²) >= 11 is 1.87. The topological polar surface area (TPSA) is 3.24 Å². The molecule has 0 fully saturated rings. The third-order valence-electron chi connectivity index (χ3n) is 11.8. The van der Waals surface area contributed by atoms with E-state index in [1.807, 2.05) is 11.3 Å². The summed E-state index contributed by atoms with van der Waals surface area (Å²) in [4.78, 5) is 2.56. The lowest BCUT2D eigenvalue weighted by atomic mass is 9.82. The first kappa shape index (κ1) is 32.0. The molecule has 0 amide bonds. The van der Waals surface area contributed by atoms with Gasteiger partial charge in [0.15, 0.2) is 0 Å². The summed E-state index contributed by atoms with van der Waals surface area (Å²) in [5.74, 6) is 0. The molecule has 1 nitrogen and oxygen atoms in total. The van der Waals surface area contributed by atoms with Crippen molar-refractivity contribution in [1.82, 2.24) is 0 Å². The fourth-order valence-electron chi connectivity index (χ4n) is 9.22. The Morgan fingerprint density at radius 2 is 0.964 bits per heavy atom. The minimum atomic E-state index is -0.139. The number of hydrogen-bond donors (Lipinski definition) is 0. The van der Waals surface area contributed by atoms with Gasteiger partial charge in [-0.15, -0.1) is 11.3 Å². The number of rotatable bonds is 5. The molecule has 0 spiro atoms. The van der Waals surface area contributed by atoms with Gasteiger partial charge in [-0.3, -0.25) is 0 Å². The molecule has 0 bridgehead atoms. The molecule has 11 rings (SSSR count). The molecular weight excluding hydrogens is 683 g/mol. The van der Waals surface area contributed by atoms with E-state index in [2.05, 4.69) is 207 Å². The lowest BCUT2D eigenvalue weighted by Crippen LogP contribution is -2.17. The van der Waals surface area contributed by atoms with E-state index < -0.39 is 0 Å². The second-order valence-electron chi connectivity index (χ2n) is 15.3. The van der Waals surface area contributed by atoms with Gasteiger partial charge in [0.25, 0.3) is 0 Å². The molecule has 0 radical (unpaired) electrons. The molecule has 1 aromatic heterocycles. The second kappa shape index (κ2) is 12.3. The Balaban J connectivity index is 1.27. The molecule has 0 aliphatic heterocycles. The van der Waals surface area contributed by atoms with Crippen LogP contribution in [0.2, 0.25) is 0 Å². The Kier molecular flexibility index (Phi) is 7.14. The summed E-state index contributed by atoms with van der Waals surface area (Å²) in [5.41, 5.74) is 13.6. The van der Waals surface area contributed by atoms with Crippen LogP contribution in [0.25, 0.3) is 75.1 Å². The summed E-state index contributed by atoms with van der Waals surface area (Å²) in [5, 5.41) is 7.55. The molecule has 9 aromatic carbocycles. The van der Waals surface area contributed by atoms with Crippen molar-refractivity contribution in [2.45, 2.75) is 19.3 Å². The van der Waals surface area contributed by atoms with Crippen LogP contribution in [-0.2, 0) is 5.41 Å². The lowest BCUT2D eigenvalue weighted by molar-refractivity contribution is 0.660. The van der Waals surface area contributed by atoms with Crippen LogP contribution in [0.1, 0.15) is 25.0 Å². The summed E-state index contributed by atoms with van der Waals surface area (Å²) < 4.78 is 2.61. The van der Waals surface area contributed by atoms with Crippen LogP contribution >= 0.6 is 11.3 Å². The van der Waals surface area contributed by atoms with E-state index in [0.29, 0.717) is 0 Å². The summed E-state index contributed by atoms with van der Waals surface area (Å²) in [6, 6.07) is 69.8. The van der Waals surface area contributed by atoms with E-state index in [4.69, 9.17) is 0 Å². The maximum Gasteiger partial charge on any atom is 0.0624 e. The molecule has 1 aliphatic carbocycles. The van der Waals surface area contributed by atoms with E-state index in [0.717, 1.165) is 11.4 Å². The minimum absolute atomic E-state index is 0.139. The number of anilines is 3. The number of thiophene rings is 1. The quantitative estimate of drug-likeness (QED) is 0.160. The normalized spacial score (nSPS) is 13.1. The first-order valence-corrected chi connectivity index (χ1v) is 19.9. The zero-order valence-corrected chi connectivity index (χ0v) is 31.6. The number of benzene rings is 9. The van der Waals surface area contributed by atoms with Gasteiger partial charge in [0.1, 0.15) is 0 Å². The Bertz CT molecular complexity index is 3130. The van der Waals surface area contributed by atoms with Gasteiger partial charge in [0.05, 0.1) is 5.69 Å². The molecule has 55 heavy (non-hydrogen) atoms. The highest BCUT2D eigenvalue weighted by Gasteiger charge is 2.36. The third-order valence-corrected chi connectivity index (χ3v) is 13.0. The predicted molar refractivity (Wildman–Crippen MR) is 237 cm³/mol. The molecule has 260 valence electrons. The van der Waals surface area contributed by atoms with Crippen molar-refractivity contribution in [1.29, 1.82) is 0 Å². The molecule has 0 saturated carbocycles. The van der Waals surface area contributed by atoms with Crippen molar-refractivity contribution >= 4 is 70.1 Å². The molecular formula is C53H37NS. The van der Waals surface area contributed by atoms with E-state index in [-0.39, 0.29) is 5.41 Å². The van der Waals surface area contributed by atoms with Gasteiger partial charge >= 0.3 is 0 Å². The molecule has 0 N–H and O–H groups in total. The lowest BCUT2D eigenvalue weighted by Gasteiger charge is -2.32. The maximum absolute atomic E-state index is 2.56. The van der Waals surface area contributed by atoms with Crippen molar-refractivity contribution < 1.29 is 0 Å². The van der Waals surface area contributed by atoms with Gasteiger partial charge in [-0.25, -0.2) is 0 Å². The van der Waals surface area contributed by atoms with Crippen LogP contribution in [0.5, 0.6) is 0 Å². The van der Waals surface area contributed by atoms with Crippen LogP contribution in [0, 0.1) is 0 Å². The molecule has 0 saturated heterocycles. The maximum atomic E-state index is 2.56. The molecule has 1 heterocycles. The predicted octanol–water partition coefficient (Wildman–Crippen LogP) is 15.5. The standard InChI is InChI=1S/C53H37NS/c1-53(2)47-25-12-10-21-41(47)42-29-27-38(33-48(42)53)54(37-28-30-50-46(32-37)43-22-11-13-26-49(43)55-50)52-45-24-9-7-20-40(45)39-19-6-8-23-44(39)51(52)36-18-14-17-35(31-36)34-15-4-3-5-16-34/h3-33H,1-2H3. The average molecular weight is 720 g/mol. The fourth-order valence-corrected chi connectivity index (χ4v) is 10.3. The van der Waals surface area contributed by atoms with Gasteiger partial charge in [-0.1, -0.05) is 159 Å². The van der Waals surface area contributed by atoms with Crippen molar-refractivity contribution in [3.05, 3.63) is 199 Å². The number of nitrogens with zero attached hydrogens (tertiary/aromatic N) is 1. The molecule has 0 atom stereocenters. The monoisotopic (exact) mass is 719 g/mol. The van der Waals surface area contributed by atoms with Crippen molar-refractivity contribution in [3.63, 3.8) is 0 Å². The Morgan fingerprint density at radius 1 is 0.382 bits per heavy atom. The highest BCUT2D eigenvalue weighted by Crippen LogP contribution is 2.54. The first-order chi connectivity index (χ1) is 27.0. The zero-order valence-electron chi connectivity index (χ0n) is 30.8. The van der Waals surface area contributed by atoms with Crippen molar-refractivity contribution in [2.24, 2.45) is 0 Å². The van der Waals surface area contributed by atoms with Gasteiger partial charge in [-0.05, 0) is 97.6 Å². The first-order valence-electron chi connectivity index (χ1n) is 19.1. The molecule has 2 heteroatoms. The molecule has 1 aliphatic rings. The van der Waals surface area contributed by atoms with Crippen LogP contribution in [0.4, 0.5) is 17.1 Å². The minimum Gasteiger partial charge on any atom is -0.309 e. The number of fused-ring (bicyclic) bond motifs is 9. The Morgan fingerprint density at radius 3 is 1.80 bits per heavy atom. The van der Waals surface area contributed by atoms with E-state index in [9.17, 15) is 0 Å². The Labute approximate surface area is 325 Å². The van der Waals surface area contributed by atoms with Gasteiger partial charge in [-0.2, -0.15) is 0 Å². The largest absolute Gasteiger partial charge is 0.309 e. The van der Waals surface area contributed by atoms with E-state index >= 15 is 0 Å². The highest BCUT2D eigenvalue weighted by molar-refractivity contribution is 7.25. The summed E-state index contributed by atoms with van der Waals surface area (Å²) in [6.45, 7) is 4.75. The molecule has 10 aromatic rings. The van der Waals surface area contributed by atoms with Crippen molar-refractivity contribution in [3.8, 4) is 33.4 Å². The van der Waals surface area contributed by atoms with Crippen LogP contribution < -0.4 is 4.90 Å². The average Bonchev–Trinajstić information content (AvgIpc) is 3.72. The van der Waals surface area contributed by atoms with E-state index in [1.165, 1.54) is 91.9 Å². The SMILES string of the molecule is CC1(C)c2ccccc2-c2ccc(N(c3ccc4sc5ccccc5c4c3)c3c(-c4cccc(-c5ccccc5)c4)c4ccccc4c4ccccc34)cc21. The third kappa shape index (κ3) is 4.92. The van der Waals surface area contributed by atoms with Crippen LogP contribution in [-0.4, -0.2) is 0 Å². The van der Waals surface area contributed by atoms with Gasteiger partial charge in [0.2, 0.25) is 0 Å². The highest BCUT2D eigenvalue weighted by atomic mass is 32.1. The summed E-state index contributed by atoms with van der Waals surface area (Å²) in [7, 11) is 0. The van der Waals surface area contributed by atoms with Gasteiger partial charge in [0, 0.05) is 47.9 Å². The fraction of sp³-hybridized carbons (Fsp3) is 0.0566. The smallest absolute Gasteiger partial charge is 0.0624 e. The second-order valence-corrected chi connectivity index (χ2v) is 16.4. The Hall–Kier alpha value is -6.48. The number of hydrogen-bond acceptors (Lipinski definition) is 2. The van der Waals surface area contributed by atoms with E-state index in [1.54, 1.807) is 0 Å². The van der Waals surface area contributed by atoms with Crippen LogP contribution in [0.3, 0.4) is 0 Å². The van der Waals surface area contributed by atoms with Crippen molar-refractivity contribution in [2.75, 3.05) is 4.90 Å². The summed E-state index contributed by atoms with van der Waals surface area (Å²) in [6.07, 6.45) is 0. The van der Waals surface area contributed by atoms with Gasteiger partial charge < -0.3 is 4.90 Å².